The normalized spacial score (nSPS) is 40.4. The van der Waals surface area contributed by atoms with Gasteiger partial charge in [0.15, 0.2) is 6.61 Å². The molecule has 4 rings (SSSR count). The number of rotatable bonds is 3. The zero-order valence-electron chi connectivity index (χ0n) is 17.4. The molecule has 0 unspecified atom stereocenters. The van der Waals surface area contributed by atoms with Gasteiger partial charge in [0.2, 0.25) is 0 Å². The van der Waals surface area contributed by atoms with E-state index < -0.39 is 30.6 Å². The lowest BCUT2D eigenvalue weighted by molar-refractivity contribution is -0.192. The fourth-order valence-corrected chi connectivity index (χ4v) is 7.13. The van der Waals surface area contributed by atoms with Crippen molar-refractivity contribution < 1.29 is 32.6 Å². The van der Waals surface area contributed by atoms with Crippen molar-refractivity contribution in [3.63, 3.8) is 0 Å². The van der Waals surface area contributed by atoms with Crippen molar-refractivity contribution in [2.75, 3.05) is 6.61 Å². The highest BCUT2D eigenvalue weighted by atomic mass is 19.4. The quantitative estimate of drug-likeness (QED) is 0.623. The zero-order valence-corrected chi connectivity index (χ0v) is 17.4. The Morgan fingerprint density at radius 3 is 2.57 bits per heavy atom. The van der Waals surface area contributed by atoms with E-state index in [-0.39, 0.29) is 16.7 Å². The van der Waals surface area contributed by atoms with Gasteiger partial charge < -0.3 is 9.84 Å². The van der Waals surface area contributed by atoms with Gasteiger partial charge in [-0.2, -0.15) is 13.2 Å². The molecule has 0 spiro atoms. The van der Waals surface area contributed by atoms with Crippen molar-refractivity contribution in [1.82, 2.24) is 0 Å². The smallest absolute Gasteiger partial charge is 0.422 e. The standard InChI is InChI=1S/C23H29F3O4/c1-21-9-7-13(19(27)28)11-14(21)3-4-15-16-5-6-18(20(29)30-12-23(24,25)26)22(16,2)10-8-17(15)21/h3,11,15-18H,4-10,12H2,1-2H3,(H,27,28)/t15-,16-,17-,18+,21-,22-/m0/s1. The molecule has 0 radical (unpaired) electrons. The molecule has 4 aliphatic rings. The molecule has 0 amide bonds. The third-order valence-electron chi connectivity index (χ3n) is 8.71. The summed E-state index contributed by atoms with van der Waals surface area (Å²) in [5.41, 5.74) is 1.18. The Morgan fingerprint density at radius 2 is 1.90 bits per heavy atom. The van der Waals surface area contributed by atoms with E-state index in [9.17, 15) is 27.9 Å². The molecule has 0 aromatic rings. The second kappa shape index (κ2) is 7.13. The summed E-state index contributed by atoms with van der Waals surface area (Å²) in [6.07, 6.45) is 4.83. The average molecular weight is 426 g/mol. The van der Waals surface area contributed by atoms with Gasteiger partial charge in [0.25, 0.3) is 0 Å². The van der Waals surface area contributed by atoms with Crippen molar-refractivity contribution >= 4 is 11.9 Å². The molecule has 2 fully saturated rings. The predicted molar refractivity (Wildman–Crippen MR) is 103 cm³/mol. The SMILES string of the molecule is C[C@]12CC[C@H]3[C@@H](CC=C4C=C(C(=O)O)CC[C@@]43C)[C@@H]1CC[C@@H]2C(=O)OCC(F)(F)F. The average Bonchev–Trinajstić information content (AvgIpc) is 3.02. The van der Waals surface area contributed by atoms with Crippen LogP contribution in [0.3, 0.4) is 0 Å². The number of carbonyl (C=O) groups is 2. The van der Waals surface area contributed by atoms with E-state index in [1.165, 1.54) is 0 Å². The van der Waals surface area contributed by atoms with E-state index in [1.54, 1.807) is 0 Å². The number of fused-ring (bicyclic) bond motifs is 5. The number of carboxylic acid groups (broad SMARTS) is 1. The number of alkyl halides is 3. The first kappa shape index (κ1) is 21.4. The van der Waals surface area contributed by atoms with E-state index >= 15 is 0 Å². The minimum Gasteiger partial charge on any atom is -0.478 e. The Bertz CT molecular complexity index is 814. The molecule has 0 heterocycles. The molecule has 0 aromatic heterocycles. The molecular formula is C23H29F3O4. The molecule has 166 valence electrons. The molecule has 4 aliphatic carbocycles. The van der Waals surface area contributed by atoms with Crippen LogP contribution in [0.2, 0.25) is 0 Å². The van der Waals surface area contributed by atoms with E-state index in [4.69, 9.17) is 0 Å². The lowest BCUT2D eigenvalue weighted by Gasteiger charge is -2.56. The van der Waals surface area contributed by atoms with Crippen molar-refractivity contribution in [1.29, 1.82) is 0 Å². The summed E-state index contributed by atoms with van der Waals surface area (Å²) >= 11 is 0. The molecule has 0 aliphatic heterocycles. The minimum atomic E-state index is -4.51. The molecule has 30 heavy (non-hydrogen) atoms. The maximum absolute atomic E-state index is 12.5. The van der Waals surface area contributed by atoms with Gasteiger partial charge in [0.1, 0.15) is 0 Å². The first-order chi connectivity index (χ1) is 14.0. The van der Waals surface area contributed by atoms with Crippen LogP contribution in [0.25, 0.3) is 0 Å². The van der Waals surface area contributed by atoms with E-state index in [0.29, 0.717) is 30.3 Å². The third kappa shape index (κ3) is 3.38. The molecule has 6 atom stereocenters. The monoisotopic (exact) mass is 426 g/mol. The van der Waals surface area contributed by atoms with Crippen LogP contribution in [0.5, 0.6) is 0 Å². The van der Waals surface area contributed by atoms with Crippen molar-refractivity contribution in [2.45, 2.75) is 65.0 Å². The first-order valence-corrected chi connectivity index (χ1v) is 10.8. The Kier molecular flexibility index (Phi) is 5.09. The number of carboxylic acids is 1. The third-order valence-corrected chi connectivity index (χ3v) is 8.71. The highest BCUT2D eigenvalue weighted by Crippen LogP contribution is 2.66. The number of hydrogen-bond acceptors (Lipinski definition) is 3. The zero-order chi connectivity index (χ0) is 21.9. The van der Waals surface area contributed by atoms with Crippen LogP contribution in [0.4, 0.5) is 13.2 Å². The van der Waals surface area contributed by atoms with E-state index in [1.807, 2.05) is 6.08 Å². The molecular weight excluding hydrogens is 397 g/mol. The van der Waals surface area contributed by atoms with Gasteiger partial charge in [-0.25, -0.2) is 4.79 Å². The van der Waals surface area contributed by atoms with E-state index in [2.05, 4.69) is 24.7 Å². The predicted octanol–water partition coefficient (Wildman–Crippen LogP) is 5.29. The van der Waals surface area contributed by atoms with Crippen LogP contribution < -0.4 is 0 Å². The first-order valence-electron chi connectivity index (χ1n) is 10.8. The number of carbonyl (C=O) groups excluding carboxylic acids is 1. The van der Waals surface area contributed by atoms with Crippen molar-refractivity contribution in [2.24, 2.45) is 34.5 Å². The van der Waals surface area contributed by atoms with Gasteiger partial charge in [0.05, 0.1) is 5.92 Å². The maximum atomic E-state index is 12.5. The Balaban J connectivity index is 1.55. The van der Waals surface area contributed by atoms with Gasteiger partial charge in [-0.15, -0.1) is 0 Å². The van der Waals surface area contributed by atoms with Crippen molar-refractivity contribution in [3.8, 4) is 0 Å². The number of halogens is 3. The van der Waals surface area contributed by atoms with Crippen LogP contribution >= 0.6 is 0 Å². The summed E-state index contributed by atoms with van der Waals surface area (Å²) in [6, 6.07) is 0. The van der Waals surface area contributed by atoms with Gasteiger partial charge >= 0.3 is 18.1 Å². The van der Waals surface area contributed by atoms with Crippen LogP contribution in [-0.4, -0.2) is 29.8 Å². The summed E-state index contributed by atoms with van der Waals surface area (Å²) in [4.78, 5) is 23.9. The Labute approximate surface area is 174 Å². The minimum absolute atomic E-state index is 0.0714. The molecule has 0 bridgehead atoms. The second-order valence-electron chi connectivity index (χ2n) is 10.1. The largest absolute Gasteiger partial charge is 0.478 e. The second-order valence-corrected chi connectivity index (χ2v) is 10.1. The fraction of sp³-hybridized carbons (Fsp3) is 0.739. The highest BCUT2D eigenvalue weighted by Gasteiger charge is 2.60. The molecule has 4 nitrogen and oxygen atoms in total. The van der Waals surface area contributed by atoms with Crippen LogP contribution in [0.1, 0.15) is 58.8 Å². The number of ether oxygens (including phenoxy) is 1. The van der Waals surface area contributed by atoms with Crippen LogP contribution in [0.15, 0.2) is 23.3 Å². The van der Waals surface area contributed by atoms with Gasteiger partial charge in [-0.3, -0.25) is 4.79 Å². The van der Waals surface area contributed by atoms with Gasteiger partial charge in [-0.05, 0) is 85.2 Å². The summed E-state index contributed by atoms with van der Waals surface area (Å²) in [5.74, 6) is -0.981. The van der Waals surface area contributed by atoms with Crippen LogP contribution in [-0.2, 0) is 14.3 Å². The molecule has 1 N–H and O–H groups in total. The molecule has 7 heteroatoms. The number of esters is 1. The molecule has 0 aromatic carbocycles. The molecule has 2 saturated carbocycles. The van der Waals surface area contributed by atoms with Crippen LogP contribution in [0, 0.1) is 34.5 Å². The van der Waals surface area contributed by atoms with E-state index in [0.717, 1.165) is 37.7 Å². The van der Waals surface area contributed by atoms with Gasteiger partial charge in [-0.1, -0.05) is 19.9 Å². The number of hydrogen-bond donors (Lipinski definition) is 1. The summed E-state index contributed by atoms with van der Waals surface area (Å²) in [7, 11) is 0. The number of allylic oxidation sites excluding steroid dienone is 3. The summed E-state index contributed by atoms with van der Waals surface area (Å²) in [6.45, 7) is 2.78. The summed E-state index contributed by atoms with van der Waals surface area (Å²) in [5, 5.41) is 9.37. The topological polar surface area (TPSA) is 63.6 Å². The van der Waals surface area contributed by atoms with Gasteiger partial charge in [0, 0.05) is 5.57 Å². The Hall–Kier alpha value is -1.79. The highest BCUT2D eigenvalue weighted by molar-refractivity contribution is 5.87. The lowest BCUT2D eigenvalue weighted by atomic mass is 9.48. The lowest BCUT2D eigenvalue weighted by Crippen LogP contribution is -2.50. The Morgan fingerprint density at radius 1 is 1.17 bits per heavy atom. The summed E-state index contributed by atoms with van der Waals surface area (Å²) < 4.78 is 42.2. The maximum Gasteiger partial charge on any atom is 0.422 e. The van der Waals surface area contributed by atoms with Crippen molar-refractivity contribution in [3.05, 3.63) is 23.3 Å². The number of aliphatic carboxylic acids is 1. The fourth-order valence-electron chi connectivity index (χ4n) is 7.13. The molecule has 0 saturated heterocycles.